The van der Waals surface area contributed by atoms with Gasteiger partial charge in [0.1, 0.15) is 0 Å². The number of nitrogens with two attached hydrogens (primary N) is 1. The first-order valence-electron chi connectivity index (χ1n) is 5.06. The van der Waals surface area contributed by atoms with Crippen LogP contribution in [0.25, 0.3) is 0 Å². The maximum absolute atomic E-state index is 11.9. The van der Waals surface area contributed by atoms with Crippen molar-refractivity contribution >= 4 is 38.9 Å². The third-order valence-corrected chi connectivity index (χ3v) is 3.48. The van der Waals surface area contributed by atoms with E-state index in [2.05, 4.69) is 26.2 Å². The smallest absolute Gasteiger partial charge is 0.304 e. The van der Waals surface area contributed by atoms with Gasteiger partial charge in [0.2, 0.25) is 0 Å². The SMILES string of the molecule is Nc1cc(Br)ccc1C(=O)NCc1csc(=O)[nH]1. The van der Waals surface area contributed by atoms with Gasteiger partial charge in [-0.1, -0.05) is 27.3 Å². The summed E-state index contributed by atoms with van der Waals surface area (Å²) in [5.41, 5.74) is 7.24. The standard InChI is InChI=1S/C11H10BrN3O2S/c12-6-1-2-8(9(13)3-6)10(16)14-4-7-5-18-11(17)15-7/h1-3,5H,4,13H2,(H,14,16)(H,15,17). The Hall–Kier alpha value is -1.60. The van der Waals surface area contributed by atoms with Crippen molar-refractivity contribution in [2.75, 3.05) is 5.73 Å². The second-order valence-corrected chi connectivity index (χ2v) is 5.35. The van der Waals surface area contributed by atoms with Crippen LogP contribution in [0.5, 0.6) is 0 Å². The summed E-state index contributed by atoms with van der Waals surface area (Å²) in [6, 6.07) is 5.06. The van der Waals surface area contributed by atoms with Gasteiger partial charge in [-0.2, -0.15) is 0 Å². The predicted molar refractivity (Wildman–Crippen MR) is 74.7 cm³/mol. The van der Waals surface area contributed by atoms with Crippen molar-refractivity contribution in [3.63, 3.8) is 0 Å². The Kier molecular flexibility index (Phi) is 3.83. The van der Waals surface area contributed by atoms with Gasteiger partial charge in [-0.3, -0.25) is 9.59 Å². The highest BCUT2D eigenvalue weighted by Gasteiger charge is 2.09. The number of amides is 1. The third-order valence-electron chi connectivity index (χ3n) is 2.27. The normalized spacial score (nSPS) is 10.3. The fourth-order valence-corrected chi connectivity index (χ4v) is 2.37. The van der Waals surface area contributed by atoms with Crippen LogP contribution in [0.15, 0.2) is 32.8 Å². The summed E-state index contributed by atoms with van der Waals surface area (Å²) in [4.78, 5) is 25.3. The molecule has 18 heavy (non-hydrogen) atoms. The zero-order valence-electron chi connectivity index (χ0n) is 9.20. The van der Waals surface area contributed by atoms with Crippen LogP contribution >= 0.6 is 27.3 Å². The summed E-state index contributed by atoms with van der Waals surface area (Å²) in [6.45, 7) is 0.271. The number of H-pyrrole nitrogens is 1. The maximum atomic E-state index is 11.9. The molecule has 1 amide bonds. The molecule has 4 N–H and O–H groups in total. The summed E-state index contributed by atoms with van der Waals surface area (Å²) in [5.74, 6) is -0.271. The summed E-state index contributed by atoms with van der Waals surface area (Å²) in [6.07, 6.45) is 0. The van der Waals surface area contributed by atoms with E-state index < -0.39 is 0 Å². The van der Waals surface area contributed by atoms with Crippen molar-refractivity contribution in [1.82, 2.24) is 10.3 Å². The number of anilines is 1. The lowest BCUT2D eigenvalue weighted by Gasteiger charge is -2.06. The van der Waals surface area contributed by atoms with E-state index in [1.54, 1.807) is 23.6 Å². The van der Waals surface area contributed by atoms with Crippen LogP contribution in [0, 0.1) is 0 Å². The minimum Gasteiger partial charge on any atom is -0.398 e. The zero-order valence-corrected chi connectivity index (χ0v) is 11.6. The summed E-state index contributed by atoms with van der Waals surface area (Å²) >= 11 is 4.34. The molecule has 94 valence electrons. The quantitative estimate of drug-likeness (QED) is 0.750. The van der Waals surface area contributed by atoms with E-state index in [0.717, 1.165) is 15.8 Å². The zero-order chi connectivity index (χ0) is 13.1. The molecule has 0 aliphatic heterocycles. The Morgan fingerprint density at radius 1 is 1.50 bits per heavy atom. The van der Waals surface area contributed by atoms with Gasteiger partial charge in [-0.15, -0.1) is 0 Å². The minimum atomic E-state index is -0.271. The molecule has 0 aliphatic rings. The van der Waals surface area contributed by atoms with E-state index in [-0.39, 0.29) is 17.3 Å². The van der Waals surface area contributed by atoms with E-state index in [9.17, 15) is 9.59 Å². The molecule has 0 saturated heterocycles. The summed E-state index contributed by atoms with van der Waals surface area (Å²) in [7, 11) is 0. The van der Waals surface area contributed by atoms with E-state index in [0.29, 0.717) is 16.9 Å². The van der Waals surface area contributed by atoms with Crippen LogP contribution in [0.3, 0.4) is 0 Å². The highest BCUT2D eigenvalue weighted by molar-refractivity contribution is 9.10. The lowest BCUT2D eigenvalue weighted by atomic mass is 10.1. The number of benzene rings is 1. The molecular formula is C11H10BrN3O2S. The van der Waals surface area contributed by atoms with Crippen molar-refractivity contribution in [3.05, 3.63) is 49.0 Å². The molecule has 1 aromatic heterocycles. The van der Waals surface area contributed by atoms with E-state index >= 15 is 0 Å². The topological polar surface area (TPSA) is 88.0 Å². The van der Waals surface area contributed by atoms with Crippen molar-refractivity contribution in [2.24, 2.45) is 0 Å². The molecule has 5 nitrogen and oxygen atoms in total. The Morgan fingerprint density at radius 2 is 2.28 bits per heavy atom. The Balaban J connectivity index is 2.06. The number of hydrogen-bond acceptors (Lipinski definition) is 4. The summed E-state index contributed by atoms with van der Waals surface area (Å²) in [5, 5.41) is 4.37. The fraction of sp³-hybridized carbons (Fsp3) is 0.0909. The predicted octanol–water partition coefficient (Wildman–Crippen LogP) is 1.71. The van der Waals surface area contributed by atoms with E-state index in [1.807, 2.05) is 0 Å². The molecule has 0 atom stereocenters. The molecule has 0 spiro atoms. The van der Waals surface area contributed by atoms with Crippen molar-refractivity contribution < 1.29 is 4.79 Å². The van der Waals surface area contributed by atoms with Gasteiger partial charge in [0, 0.05) is 21.2 Å². The monoisotopic (exact) mass is 327 g/mol. The average molecular weight is 328 g/mol. The molecule has 0 unspecified atom stereocenters. The molecule has 0 radical (unpaired) electrons. The number of nitrogen functional groups attached to an aromatic ring is 1. The molecule has 2 rings (SSSR count). The highest BCUT2D eigenvalue weighted by atomic mass is 79.9. The Bertz CT molecular complexity index is 635. The second-order valence-electron chi connectivity index (χ2n) is 3.59. The molecule has 1 aromatic carbocycles. The van der Waals surface area contributed by atoms with Crippen LogP contribution in [0.4, 0.5) is 5.69 Å². The van der Waals surface area contributed by atoms with Crippen molar-refractivity contribution in [3.8, 4) is 0 Å². The molecule has 0 bridgehead atoms. The second kappa shape index (κ2) is 5.36. The summed E-state index contributed by atoms with van der Waals surface area (Å²) < 4.78 is 0.818. The lowest BCUT2D eigenvalue weighted by molar-refractivity contribution is 0.0951. The van der Waals surface area contributed by atoms with Gasteiger partial charge in [-0.05, 0) is 18.2 Å². The molecule has 0 aliphatic carbocycles. The Morgan fingerprint density at radius 3 is 2.89 bits per heavy atom. The van der Waals surface area contributed by atoms with Crippen LogP contribution < -0.4 is 15.9 Å². The minimum absolute atomic E-state index is 0.137. The number of hydrogen-bond donors (Lipinski definition) is 3. The largest absolute Gasteiger partial charge is 0.398 e. The van der Waals surface area contributed by atoms with Crippen molar-refractivity contribution in [2.45, 2.75) is 6.54 Å². The van der Waals surface area contributed by atoms with E-state index in [4.69, 9.17) is 5.73 Å². The van der Waals surface area contributed by atoms with Gasteiger partial charge in [0.05, 0.1) is 12.1 Å². The van der Waals surface area contributed by atoms with Crippen LogP contribution in [0.1, 0.15) is 16.1 Å². The number of aromatic amines is 1. The number of aromatic nitrogens is 1. The van der Waals surface area contributed by atoms with Crippen LogP contribution in [0.2, 0.25) is 0 Å². The first-order valence-corrected chi connectivity index (χ1v) is 6.73. The number of carbonyl (C=O) groups excluding carboxylic acids is 1. The first-order chi connectivity index (χ1) is 8.56. The Labute approximate surface area is 115 Å². The van der Waals surface area contributed by atoms with Gasteiger partial charge >= 0.3 is 4.87 Å². The van der Waals surface area contributed by atoms with Gasteiger partial charge in [0.15, 0.2) is 0 Å². The number of thiazole rings is 1. The molecular weight excluding hydrogens is 318 g/mol. The first kappa shape index (κ1) is 12.8. The third kappa shape index (κ3) is 2.99. The number of halogens is 1. The number of rotatable bonds is 3. The van der Waals surface area contributed by atoms with Gasteiger partial charge in [-0.25, -0.2) is 0 Å². The number of carbonyl (C=O) groups is 1. The van der Waals surface area contributed by atoms with Crippen LogP contribution in [-0.2, 0) is 6.54 Å². The van der Waals surface area contributed by atoms with Gasteiger partial charge in [0.25, 0.3) is 5.91 Å². The molecule has 1 heterocycles. The molecule has 0 saturated carbocycles. The average Bonchev–Trinajstić information content (AvgIpc) is 2.72. The molecule has 2 aromatic rings. The highest BCUT2D eigenvalue weighted by Crippen LogP contribution is 2.18. The van der Waals surface area contributed by atoms with Crippen molar-refractivity contribution in [1.29, 1.82) is 0 Å². The molecule has 7 heteroatoms. The molecule has 0 fully saturated rings. The fourth-order valence-electron chi connectivity index (χ4n) is 1.41. The maximum Gasteiger partial charge on any atom is 0.304 e. The van der Waals surface area contributed by atoms with E-state index in [1.165, 1.54) is 0 Å². The lowest BCUT2D eigenvalue weighted by Crippen LogP contribution is -2.24. The number of nitrogens with one attached hydrogen (secondary N) is 2. The van der Waals surface area contributed by atoms with Gasteiger partial charge < -0.3 is 16.0 Å². The van der Waals surface area contributed by atoms with Crippen LogP contribution in [-0.4, -0.2) is 10.9 Å².